The smallest absolute Gasteiger partial charge is 0.123 e. The quantitative estimate of drug-likeness (QED) is 0.704. The molecular formula is C12H16Br2O. The van der Waals surface area contributed by atoms with Crippen molar-refractivity contribution in [1.29, 1.82) is 0 Å². The standard InChI is InChI=1S/C12H16Br2O/c1-9(2)5-6-15-12-4-3-11(14)7-10(12)8-13/h3-4,7,9H,5-6,8H2,1-2H3. The summed E-state index contributed by atoms with van der Waals surface area (Å²) in [6.45, 7) is 5.20. The molecule has 3 heteroatoms. The summed E-state index contributed by atoms with van der Waals surface area (Å²) in [7, 11) is 0. The highest BCUT2D eigenvalue weighted by Gasteiger charge is 2.03. The minimum absolute atomic E-state index is 0.688. The van der Waals surface area contributed by atoms with Crippen LogP contribution in [0.4, 0.5) is 0 Å². The SMILES string of the molecule is CC(C)CCOc1ccc(Br)cc1CBr. The van der Waals surface area contributed by atoms with Crippen LogP contribution in [0.1, 0.15) is 25.8 Å². The largest absolute Gasteiger partial charge is 0.493 e. The Balaban J connectivity index is 2.60. The highest BCUT2D eigenvalue weighted by Crippen LogP contribution is 2.25. The lowest BCUT2D eigenvalue weighted by molar-refractivity contribution is 0.287. The van der Waals surface area contributed by atoms with E-state index in [-0.39, 0.29) is 0 Å². The zero-order valence-electron chi connectivity index (χ0n) is 9.09. The number of alkyl halides is 1. The van der Waals surface area contributed by atoms with Crippen LogP contribution in [-0.4, -0.2) is 6.61 Å². The molecule has 0 heterocycles. The van der Waals surface area contributed by atoms with E-state index in [2.05, 4.69) is 51.8 Å². The third kappa shape index (κ3) is 4.56. The maximum Gasteiger partial charge on any atom is 0.123 e. The molecule has 84 valence electrons. The summed E-state index contributed by atoms with van der Waals surface area (Å²) in [5.41, 5.74) is 1.19. The number of halogens is 2. The number of rotatable bonds is 5. The van der Waals surface area contributed by atoms with E-state index in [1.807, 2.05) is 12.1 Å². The molecule has 0 saturated heterocycles. The summed E-state index contributed by atoms with van der Waals surface area (Å²) in [6.07, 6.45) is 1.10. The van der Waals surface area contributed by atoms with Crippen molar-refractivity contribution in [3.8, 4) is 5.75 Å². The Bertz CT molecular complexity index is 310. The molecule has 0 atom stereocenters. The van der Waals surface area contributed by atoms with Crippen LogP contribution >= 0.6 is 31.9 Å². The molecule has 1 rings (SSSR count). The lowest BCUT2D eigenvalue weighted by atomic mass is 10.1. The van der Waals surface area contributed by atoms with Crippen LogP contribution in [0, 0.1) is 5.92 Å². The first-order valence-corrected chi connectivity index (χ1v) is 7.02. The molecule has 0 spiro atoms. The lowest BCUT2D eigenvalue weighted by Crippen LogP contribution is -2.02. The molecule has 0 aromatic heterocycles. The molecular weight excluding hydrogens is 320 g/mol. The van der Waals surface area contributed by atoms with Gasteiger partial charge >= 0.3 is 0 Å². The first-order valence-electron chi connectivity index (χ1n) is 5.10. The molecule has 0 N–H and O–H groups in total. The van der Waals surface area contributed by atoms with Gasteiger partial charge in [0.05, 0.1) is 6.61 Å². The molecule has 0 saturated carbocycles. The highest BCUT2D eigenvalue weighted by atomic mass is 79.9. The second-order valence-electron chi connectivity index (χ2n) is 3.92. The van der Waals surface area contributed by atoms with Crippen LogP contribution in [0.5, 0.6) is 5.75 Å². The van der Waals surface area contributed by atoms with Crippen LogP contribution < -0.4 is 4.74 Å². The average Bonchev–Trinajstić information content (AvgIpc) is 2.19. The van der Waals surface area contributed by atoms with Gasteiger partial charge in [0.1, 0.15) is 5.75 Å². The molecule has 0 aliphatic rings. The van der Waals surface area contributed by atoms with Crippen molar-refractivity contribution in [3.63, 3.8) is 0 Å². The van der Waals surface area contributed by atoms with Gasteiger partial charge in [0.2, 0.25) is 0 Å². The topological polar surface area (TPSA) is 9.23 Å². The predicted molar refractivity (Wildman–Crippen MR) is 71.7 cm³/mol. The van der Waals surface area contributed by atoms with Gasteiger partial charge in [-0.15, -0.1) is 0 Å². The monoisotopic (exact) mass is 334 g/mol. The van der Waals surface area contributed by atoms with Crippen molar-refractivity contribution in [2.75, 3.05) is 6.61 Å². The van der Waals surface area contributed by atoms with E-state index < -0.39 is 0 Å². The normalized spacial score (nSPS) is 10.7. The van der Waals surface area contributed by atoms with Gasteiger partial charge in [0.25, 0.3) is 0 Å². The molecule has 15 heavy (non-hydrogen) atoms. The average molecular weight is 336 g/mol. The first kappa shape index (κ1) is 13.0. The van der Waals surface area contributed by atoms with Crippen LogP contribution in [-0.2, 0) is 5.33 Å². The fourth-order valence-corrected chi connectivity index (χ4v) is 2.04. The molecule has 0 aliphatic heterocycles. The Hall–Kier alpha value is -0.0200. The summed E-state index contributed by atoms with van der Waals surface area (Å²) in [5, 5.41) is 0.823. The molecule has 1 aromatic carbocycles. The van der Waals surface area contributed by atoms with Gasteiger partial charge in [0.15, 0.2) is 0 Å². The van der Waals surface area contributed by atoms with Gasteiger partial charge in [-0.25, -0.2) is 0 Å². The third-order valence-corrected chi connectivity index (χ3v) is 3.22. The molecule has 0 aliphatic carbocycles. The molecule has 0 fully saturated rings. The van der Waals surface area contributed by atoms with Gasteiger partial charge < -0.3 is 4.74 Å². The molecule has 1 nitrogen and oxygen atoms in total. The van der Waals surface area contributed by atoms with Crippen molar-refractivity contribution in [1.82, 2.24) is 0 Å². The first-order chi connectivity index (χ1) is 7.13. The fourth-order valence-electron chi connectivity index (χ4n) is 1.20. The van der Waals surface area contributed by atoms with Gasteiger partial charge in [-0.3, -0.25) is 0 Å². The van der Waals surface area contributed by atoms with E-state index in [1.165, 1.54) is 5.56 Å². The number of hydrogen-bond acceptors (Lipinski definition) is 1. The van der Waals surface area contributed by atoms with Gasteiger partial charge in [-0.05, 0) is 30.5 Å². The van der Waals surface area contributed by atoms with Crippen molar-refractivity contribution < 1.29 is 4.74 Å². The number of benzene rings is 1. The number of hydrogen-bond donors (Lipinski definition) is 0. The highest BCUT2D eigenvalue weighted by molar-refractivity contribution is 9.10. The summed E-state index contributed by atoms with van der Waals surface area (Å²) in [4.78, 5) is 0. The van der Waals surface area contributed by atoms with Crippen molar-refractivity contribution in [2.24, 2.45) is 5.92 Å². The van der Waals surface area contributed by atoms with E-state index in [0.717, 1.165) is 28.6 Å². The second kappa shape index (κ2) is 6.54. The maximum absolute atomic E-state index is 5.74. The predicted octanol–water partition coefficient (Wildman–Crippen LogP) is 4.77. The van der Waals surface area contributed by atoms with E-state index in [4.69, 9.17) is 4.74 Å². The van der Waals surface area contributed by atoms with Gasteiger partial charge in [-0.2, -0.15) is 0 Å². The van der Waals surface area contributed by atoms with Crippen molar-refractivity contribution in [3.05, 3.63) is 28.2 Å². The molecule has 1 aromatic rings. The van der Waals surface area contributed by atoms with Crippen LogP contribution in [0.15, 0.2) is 22.7 Å². The van der Waals surface area contributed by atoms with E-state index in [0.29, 0.717) is 5.92 Å². The Morgan fingerprint density at radius 1 is 1.33 bits per heavy atom. The minimum atomic E-state index is 0.688. The Morgan fingerprint density at radius 2 is 2.07 bits per heavy atom. The summed E-state index contributed by atoms with van der Waals surface area (Å²) < 4.78 is 6.83. The second-order valence-corrected chi connectivity index (χ2v) is 5.39. The van der Waals surface area contributed by atoms with Crippen molar-refractivity contribution in [2.45, 2.75) is 25.6 Å². The minimum Gasteiger partial charge on any atom is -0.493 e. The zero-order chi connectivity index (χ0) is 11.3. The number of ether oxygens (including phenoxy) is 1. The fraction of sp³-hybridized carbons (Fsp3) is 0.500. The third-order valence-electron chi connectivity index (χ3n) is 2.12. The molecule has 0 bridgehead atoms. The maximum atomic E-state index is 5.74. The summed E-state index contributed by atoms with van der Waals surface area (Å²) in [5.74, 6) is 1.67. The molecule has 0 amide bonds. The van der Waals surface area contributed by atoms with E-state index >= 15 is 0 Å². The Labute approximate surface area is 108 Å². The summed E-state index contributed by atoms with van der Waals surface area (Å²) >= 11 is 6.91. The Morgan fingerprint density at radius 3 is 2.67 bits per heavy atom. The lowest BCUT2D eigenvalue weighted by Gasteiger charge is -2.11. The summed E-state index contributed by atoms with van der Waals surface area (Å²) in [6, 6.07) is 6.11. The van der Waals surface area contributed by atoms with Crippen LogP contribution in [0.3, 0.4) is 0 Å². The van der Waals surface area contributed by atoms with Gasteiger partial charge in [-0.1, -0.05) is 45.7 Å². The van der Waals surface area contributed by atoms with Crippen molar-refractivity contribution >= 4 is 31.9 Å². The molecule has 0 unspecified atom stereocenters. The van der Waals surface area contributed by atoms with Gasteiger partial charge in [0, 0.05) is 15.4 Å². The van der Waals surface area contributed by atoms with Crippen LogP contribution in [0.2, 0.25) is 0 Å². The molecule has 0 radical (unpaired) electrons. The zero-order valence-corrected chi connectivity index (χ0v) is 12.3. The van der Waals surface area contributed by atoms with E-state index in [9.17, 15) is 0 Å². The van der Waals surface area contributed by atoms with Crippen LogP contribution in [0.25, 0.3) is 0 Å². The Kier molecular flexibility index (Phi) is 5.69. The van der Waals surface area contributed by atoms with E-state index in [1.54, 1.807) is 0 Å².